The number of rotatable bonds is 6. The number of anilines is 2. The maximum atomic E-state index is 12.7. The highest BCUT2D eigenvalue weighted by atomic mass is 16.2. The Bertz CT molecular complexity index is 706. The molecule has 1 atom stereocenters. The van der Waals surface area contributed by atoms with Crippen molar-refractivity contribution in [2.45, 2.75) is 45.2 Å². The Morgan fingerprint density at radius 3 is 2.26 bits per heavy atom. The fraction of sp³-hybridized carbons (Fsp3) is 0.435. The van der Waals surface area contributed by atoms with E-state index in [1.807, 2.05) is 44.3 Å². The van der Waals surface area contributed by atoms with Crippen LogP contribution in [-0.4, -0.2) is 37.0 Å². The molecule has 2 aromatic carbocycles. The summed E-state index contributed by atoms with van der Waals surface area (Å²) in [5, 5.41) is 3.34. The molecule has 4 nitrogen and oxygen atoms in total. The second-order valence-electron chi connectivity index (χ2n) is 7.49. The molecule has 27 heavy (non-hydrogen) atoms. The lowest BCUT2D eigenvalue weighted by atomic mass is 10.2. The highest BCUT2D eigenvalue weighted by Gasteiger charge is 2.17. The third kappa shape index (κ3) is 5.49. The Balaban J connectivity index is 1.55. The van der Waals surface area contributed by atoms with Crippen molar-refractivity contribution in [2.75, 3.05) is 30.4 Å². The van der Waals surface area contributed by atoms with Gasteiger partial charge < -0.3 is 15.1 Å². The van der Waals surface area contributed by atoms with Gasteiger partial charge in [0.05, 0.1) is 0 Å². The molecule has 1 amide bonds. The molecular formula is C23H31N3O. The number of benzene rings is 2. The van der Waals surface area contributed by atoms with E-state index < -0.39 is 0 Å². The second kappa shape index (κ2) is 9.45. The zero-order chi connectivity index (χ0) is 19.1. The van der Waals surface area contributed by atoms with Crippen molar-refractivity contribution in [1.29, 1.82) is 0 Å². The van der Waals surface area contributed by atoms with E-state index in [4.69, 9.17) is 0 Å². The van der Waals surface area contributed by atoms with Crippen LogP contribution in [0.15, 0.2) is 54.6 Å². The molecule has 0 aliphatic carbocycles. The Morgan fingerprint density at radius 2 is 1.63 bits per heavy atom. The maximum Gasteiger partial charge on any atom is 0.244 e. The van der Waals surface area contributed by atoms with E-state index in [-0.39, 0.29) is 11.9 Å². The molecule has 1 heterocycles. The summed E-state index contributed by atoms with van der Waals surface area (Å²) in [7, 11) is 1.86. The monoisotopic (exact) mass is 365 g/mol. The summed E-state index contributed by atoms with van der Waals surface area (Å²) in [5.41, 5.74) is 3.41. The standard InChI is InChI=1S/C23H31N3O/c1-19(23(27)25(2)18-20-10-6-5-7-11-20)24-21-12-14-22(15-13-21)26-16-8-3-4-9-17-26/h5-7,10-15,19,24H,3-4,8-9,16-18H2,1-2H3/t19-/m1/s1. The highest BCUT2D eigenvalue weighted by molar-refractivity contribution is 5.84. The highest BCUT2D eigenvalue weighted by Crippen LogP contribution is 2.22. The second-order valence-corrected chi connectivity index (χ2v) is 7.49. The molecule has 2 aromatic rings. The van der Waals surface area contributed by atoms with Crippen LogP contribution in [0.3, 0.4) is 0 Å². The van der Waals surface area contributed by atoms with Crippen LogP contribution in [0.5, 0.6) is 0 Å². The lowest BCUT2D eigenvalue weighted by Gasteiger charge is -2.24. The largest absolute Gasteiger partial charge is 0.374 e. The number of carbonyl (C=O) groups is 1. The number of nitrogens with zero attached hydrogens (tertiary/aromatic N) is 2. The van der Waals surface area contributed by atoms with Crippen LogP contribution in [-0.2, 0) is 11.3 Å². The van der Waals surface area contributed by atoms with Crippen molar-refractivity contribution in [3.8, 4) is 0 Å². The number of nitrogens with one attached hydrogen (secondary N) is 1. The van der Waals surface area contributed by atoms with E-state index in [1.54, 1.807) is 4.90 Å². The lowest BCUT2D eigenvalue weighted by molar-refractivity contribution is -0.130. The van der Waals surface area contributed by atoms with Crippen LogP contribution in [0.25, 0.3) is 0 Å². The molecule has 0 bridgehead atoms. The zero-order valence-corrected chi connectivity index (χ0v) is 16.5. The lowest BCUT2D eigenvalue weighted by Crippen LogP contribution is -2.38. The van der Waals surface area contributed by atoms with E-state index in [9.17, 15) is 4.79 Å². The van der Waals surface area contributed by atoms with Crippen molar-refractivity contribution < 1.29 is 4.79 Å². The number of hydrogen-bond donors (Lipinski definition) is 1. The number of carbonyl (C=O) groups excluding carboxylic acids is 1. The van der Waals surface area contributed by atoms with Gasteiger partial charge in [0.15, 0.2) is 0 Å². The first-order valence-corrected chi connectivity index (χ1v) is 10.0. The van der Waals surface area contributed by atoms with Gasteiger partial charge in [-0.15, -0.1) is 0 Å². The molecule has 0 saturated carbocycles. The van der Waals surface area contributed by atoms with Gasteiger partial charge in [-0.1, -0.05) is 43.2 Å². The van der Waals surface area contributed by atoms with Crippen molar-refractivity contribution >= 4 is 17.3 Å². The molecule has 0 unspecified atom stereocenters. The van der Waals surface area contributed by atoms with Crippen LogP contribution in [0.2, 0.25) is 0 Å². The Hall–Kier alpha value is -2.49. The molecule has 1 fully saturated rings. The summed E-state index contributed by atoms with van der Waals surface area (Å²) in [4.78, 5) is 16.9. The van der Waals surface area contributed by atoms with Gasteiger partial charge in [0, 0.05) is 38.1 Å². The molecule has 1 N–H and O–H groups in total. The molecule has 3 rings (SSSR count). The summed E-state index contributed by atoms with van der Waals surface area (Å²) < 4.78 is 0. The predicted octanol–water partition coefficient (Wildman–Crippen LogP) is 4.53. The van der Waals surface area contributed by atoms with Gasteiger partial charge in [0.2, 0.25) is 5.91 Å². The quantitative estimate of drug-likeness (QED) is 0.817. The first-order valence-electron chi connectivity index (χ1n) is 10.0. The fourth-order valence-electron chi connectivity index (χ4n) is 3.67. The smallest absolute Gasteiger partial charge is 0.244 e. The topological polar surface area (TPSA) is 35.6 Å². The molecule has 144 valence electrons. The van der Waals surface area contributed by atoms with Crippen molar-refractivity contribution in [3.63, 3.8) is 0 Å². The minimum atomic E-state index is -0.261. The van der Waals surface area contributed by atoms with Crippen LogP contribution >= 0.6 is 0 Å². The Kier molecular flexibility index (Phi) is 6.74. The van der Waals surface area contributed by atoms with E-state index in [1.165, 1.54) is 31.4 Å². The van der Waals surface area contributed by atoms with Crippen molar-refractivity contribution in [3.05, 3.63) is 60.2 Å². The Labute approximate surface area is 163 Å². The third-order valence-electron chi connectivity index (χ3n) is 5.23. The molecule has 0 radical (unpaired) electrons. The molecule has 0 spiro atoms. The fourth-order valence-corrected chi connectivity index (χ4v) is 3.67. The van der Waals surface area contributed by atoms with Crippen LogP contribution < -0.4 is 10.2 Å². The maximum absolute atomic E-state index is 12.7. The van der Waals surface area contributed by atoms with Gasteiger partial charge in [0.25, 0.3) is 0 Å². The SMILES string of the molecule is C[C@@H](Nc1ccc(N2CCCCCC2)cc1)C(=O)N(C)Cc1ccccc1. The van der Waals surface area contributed by atoms with E-state index >= 15 is 0 Å². The van der Waals surface area contributed by atoms with Crippen LogP contribution in [0, 0.1) is 0 Å². The van der Waals surface area contributed by atoms with E-state index in [2.05, 4.69) is 34.5 Å². The molecule has 0 aromatic heterocycles. The minimum absolute atomic E-state index is 0.0930. The summed E-state index contributed by atoms with van der Waals surface area (Å²) in [6.07, 6.45) is 5.23. The minimum Gasteiger partial charge on any atom is -0.374 e. The van der Waals surface area contributed by atoms with Crippen LogP contribution in [0.4, 0.5) is 11.4 Å². The van der Waals surface area contributed by atoms with Gasteiger partial charge in [0.1, 0.15) is 6.04 Å². The van der Waals surface area contributed by atoms with E-state index in [0.29, 0.717) is 6.54 Å². The number of hydrogen-bond acceptors (Lipinski definition) is 3. The molecule has 1 saturated heterocycles. The molecule has 4 heteroatoms. The molecule has 1 aliphatic rings. The van der Waals surface area contributed by atoms with Gasteiger partial charge >= 0.3 is 0 Å². The van der Waals surface area contributed by atoms with Gasteiger partial charge in [-0.2, -0.15) is 0 Å². The average molecular weight is 366 g/mol. The summed E-state index contributed by atoms with van der Waals surface area (Å²) in [6.45, 7) is 4.84. The first kappa shape index (κ1) is 19.3. The van der Waals surface area contributed by atoms with Crippen molar-refractivity contribution in [2.24, 2.45) is 0 Å². The summed E-state index contributed by atoms with van der Waals surface area (Å²) >= 11 is 0. The average Bonchev–Trinajstić information content (AvgIpc) is 2.98. The number of likely N-dealkylation sites (N-methyl/N-ethyl adjacent to an activating group) is 1. The van der Waals surface area contributed by atoms with E-state index in [0.717, 1.165) is 24.3 Å². The summed E-state index contributed by atoms with van der Waals surface area (Å²) in [6, 6.07) is 18.3. The normalized spacial score (nSPS) is 15.7. The first-order chi connectivity index (χ1) is 13.1. The Morgan fingerprint density at radius 1 is 1.00 bits per heavy atom. The number of amides is 1. The van der Waals surface area contributed by atoms with Crippen LogP contribution in [0.1, 0.15) is 38.2 Å². The molecule has 1 aliphatic heterocycles. The zero-order valence-electron chi connectivity index (χ0n) is 16.5. The van der Waals surface area contributed by atoms with Gasteiger partial charge in [-0.3, -0.25) is 4.79 Å². The summed E-state index contributed by atoms with van der Waals surface area (Å²) in [5.74, 6) is 0.0930. The predicted molar refractivity (Wildman–Crippen MR) is 113 cm³/mol. The van der Waals surface area contributed by atoms with Gasteiger partial charge in [-0.05, 0) is 49.6 Å². The molecular weight excluding hydrogens is 334 g/mol. The third-order valence-corrected chi connectivity index (χ3v) is 5.23. The van der Waals surface area contributed by atoms with Crippen molar-refractivity contribution in [1.82, 2.24) is 4.90 Å². The van der Waals surface area contributed by atoms with Gasteiger partial charge in [-0.25, -0.2) is 0 Å².